The maximum atomic E-state index is 10.5. The highest BCUT2D eigenvalue weighted by Gasteiger charge is 2.01. The van der Waals surface area contributed by atoms with Crippen LogP contribution in [0.4, 0.5) is 0 Å². The lowest BCUT2D eigenvalue weighted by Crippen LogP contribution is -2.02. The lowest BCUT2D eigenvalue weighted by Gasteiger charge is -2.08. The first-order valence-corrected chi connectivity index (χ1v) is 4.86. The number of hydrogen-bond donors (Lipinski definition) is 0. The third kappa shape index (κ3) is 3.38. The summed E-state index contributed by atoms with van der Waals surface area (Å²) in [6, 6.07) is 5.92. The number of hydrogen-bond acceptors (Lipinski definition) is 2. The second kappa shape index (κ2) is 5.01. The Balaban J connectivity index is 2.55. The third-order valence-corrected chi connectivity index (χ3v) is 2.08. The van der Waals surface area contributed by atoms with Gasteiger partial charge in [-0.15, -0.1) is 0 Å². The van der Waals surface area contributed by atoms with Gasteiger partial charge in [0.25, 0.3) is 0 Å². The van der Waals surface area contributed by atoms with E-state index in [1.807, 2.05) is 32.0 Å². The molecule has 1 aromatic carbocycles. The number of rotatable bonds is 4. The Morgan fingerprint density at radius 1 is 1.43 bits per heavy atom. The summed E-state index contributed by atoms with van der Waals surface area (Å²) < 4.78 is 5.40. The van der Waals surface area contributed by atoms with Crippen LogP contribution in [-0.2, 0) is 4.79 Å². The Bertz CT molecular complexity index is 334. The van der Waals surface area contributed by atoms with E-state index in [1.165, 1.54) is 5.56 Å². The minimum Gasteiger partial charge on any atom is -0.493 e. The molecule has 3 heteroatoms. The molecule has 14 heavy (non-hydrogen) atoms. The number of benzene rings is 1. The molecule has 1 rings (SSSR count). The average Bonchev–Trinajstić information content (AvgIpc) is 2.08. The van der Waals surface area contributed by atoms with Gasteiger partial charge in [0.15, 0.2) is 0 Å². The lowest BCUT2D eigenvalue weighted by molar-refractivity contribution is -0.112. The molecule has 2 nitrogen and oxygen atoms in total. The van der Waals surface area contributed by atoms with E-state index in [1.54, 1.807) is 0 Å². The molecule has 0 saturated heterocycles. The molecule has 0 N–H and O–H groups in total. The van der Waals surface area contributed by atoms with Gasteiger partial charge in [-0.05, 0) is 37.1 Å². The van der Waals surface area contributed by atoms with Crippen molar-refractivity contribution < 1.29 is 9.53 Å². The van der Waals surface area contributed by atoms with Crippen LogP contribution in [0.2, 0.25) is 0 Å². The first-order valence-electron chi connectivity index (χ1n) is 4.48. The first kappa shape index (κ1) is 11.1. The highest BCUT2D eigenvalue weighted by molar-refractivity contribution is 6.63. The van der Waals surface area contributed by atoms with Gasteiger partial charge in [0.2, 0.25) is 5.24 Å². The van der Waals surface area contributed by atoms with E-state index < -0.39 is 0 Å². The summed E-state index contributed by atoms with van der Waals surface area (Å²) in [6.07, 6.45) is 0.245. The van der Waals surface area contributed by atoms with Gasteiger partial charge >= 0.3 is 0 Å². The molecule has 0 aliphatic heterocycles. The van der Waals surface area contributed by atoms with E-state index in [9.17, 15) is 4.79 Å². The smallest absolute Gasteiger partial charge is 0.225 e. The summed E-state index contributed by atoms with van der Waals surface area (Å²) in [6.45, 7) is 4.34. The Morgan fingerprint density at radius 3 is 2.71 bits per heavy atom. The van der Waals surface area contributed by atoms with Crippen molar-refractivity contribution in [1.82, 2.24) is 0 Å². The quantitative estimate of drug-likeness (QED) is 0.718. The third-order valence-electron chi connectivity index (χ3n) is 1.89. The summed E-state index contributed by atoms with van der Waals surface area (Å²) >= 11 is 5.19. The van der Waals surface area contributed by atoms with Gasteiger partial charge in [-0.25, -0.2) is 0 Å². The van der Waals surface area contributed by atoms with Crippen molar-refractivity contribution in [2.75, 3.05) is 6.61 Å². The molecule has 0 aliphatic carbocycles. The Morgan fingerprint density at radius 2 is 2.14 bits per heavy atom. The van der Waals surface area contributed by atoms with Gasteiger partial charge in [-0.2, -0.15) is 0 Å². The molecule has 0 spiro atoms. The average molecular weight is 213 g/mol. The second-order valence-electron chi connectivity index (χ2n) is 3.22. The van der Waals surface area contributed by atoms with Crippen LogP contribution >= 0.6 is 11.6 Å². The summed E-state index contributed by atoms with van der Waals surface area (Å²) in [5.74, 6) is 0.813. The fraction of sp³-hybridized carbons (Fsp3) is 0.364. The molecule has 0 radical (unpaired) electrons. The molecule has 0 aromatic heterocycles. The maximum absolute atomic E-state index is 10.5. The Hall–Kier alpha value is -1.02. The SMILES string of the molecule is Cc1ccc(OCCC(=O)Cl)c(C)c1. The van der Waals surface area contributed by atoms with Crippen molar-refractivity contribution in [2.24, 2.45) is 0 Å². The summed E-state index contributed by atoms with van der Waals surface area (Å²) in [7, 11) is 0. The van der Waals surface area contributed by atoms with E-state index in [4.69, 9.17) is 16.3 Å². The van der Waals surface area contributed by atoms with Crippen molar-refractivity contribution in [3.05, 3.63) is 29.3 Å². The Labute approximate surface area is 88.8 Å². The number of ether oxygens (including phenoxy) is 1. The van der Waals surface area contributed by atoms with Gasteiger partial charge in [0, 0.05) is 0 Å². The maximum Gasteiger partial charge on any atom is 0.225 e. The van der Waals surface area contributed by atoms with Crippen LogP contribution < -0.4 is 4.74 Å². The number of carbonyl (C=O) groups is 1. The normalized spacial score (nSPS) is 9.93. The minimum absolute atomic E-state index is 0.245. The number of aryl methyl sites for hydroxylation is 2. The van der Waals surface area contributed by atoms with E-state index in [0.29, 0.717) is 6.61 Å². The van der Waals surface area contributed by atoms with E-state index >= 15 is 0 Å². The van der Waals surface area contributed by atoms with Crippen LogP contribution in [0.3, 0.4) is 0 Å². The van der Waals surface area contributed by atoms with Crippen LogP contribution in [0.15, 0.2) is 18.2 Å². The zero-order chi connectivity index (χ0) is 10.6. The van der Waals surface area contributed by atoms with Crippen molar-refractivity contribution in [1.29, 1.82) is 0 Å². The first-order chi connectivity index (χ1) is 6.59. The highest BCUT2D eigenvalue weighted by atomic mass is 35.5. The molecule has 1 aromatic rings. The summed E-state index contributed by atoms with van der Waals surface area (Å²) in [4.78, 5) is 10.5. The van der Waals surface area contributed by atoms with Crippen LogP contribution in [0.5, 0.6) is 5.75 Å². The molecule has 0 aliphatic rings. The minimum atomic E-state index is -0.366. The molecule has 0 atom stereocenters. The van der Waals surface area contributed by atoms with Crippen LogP contribution in [0.1, 0.15) is 17.5 Å². The van der Waals surface area contributed by atoms with Gasteiger partial charge in [0.1, 0.15) is 5.75 Å². The molecule has 0 heterocycles. The molecule has 76 valence electrons. The van der Waals surface area contributed by atoms with Crippen molar-refractivity contribution >= 4 is 16.8 Å². The largest absolute Gasteiger partial charge is 0.493 e. The fourth-order valence-corrected chi connectivity index (χ4v) is 1.28. The molecule has 0 amide bonds. The molecular weight excluding hydrogens is 200 g/mol. The van der Waals surface area contributed by atoms with Crippen LogP contribution in [0.25, 0.3) is 0 Å². The molecule has 0 unspecified atom stereocenters. The number of carbonyl (C=O) groups excluding carboxylic acids is 1. The van der Waals surface area contributed by atoms with Gasteiger partial charge < -0.3 is 4.74 Å². The summed E-state index contributed by atoms with van der Waals surface area (Å²) in [5, 5.41) is -0.366. The highest BCUT2D eigenvalue weighted by Crippen LogP contribution is 2.18. The predicted octanol–water partition coefficient (Wildman–Crippen LogP) is 2.84. The zero-order valence-electron chi connectivity index (χ0n) is 8.34. The fourth-order valence-electron chi connectivity index (χ4n) is 1.20. The van der Waals surface area contributed by atoms with Crippen molar-refractivity contribution in [3.8, 4) is 5.75 Å². The lowest BCUT2D eigenvalue weighted by atomic mass is 10.1. The van der Waals surface area contributed by atoms with Crippen LogP contribution in [0, 0.1) is 13.8 Å². The standard InChI is InChI=1S/C11H13ClO2/c1-8-3-4-10(9(2)7-8)14-6-5-11(12)13/h3-4,7H,5-6H2,1-2H3. The van der Waals surface area contributed by atoms with E-state index in [0.717, 1.165) is 11.3 Å². The van der Waals surface area contributed by atoms with E-state index in [2.05, 4.69) is 0 Å². The summed E-state index contributed by atoms with van der Waals surface area (Å²) in [5.41, 5.74) is 2.27. The monoisotopic (exact) mass is 212 g/mol. The molecular formula is C11H13ClO2. The number of halogens is 1. The van der Waals surface area contributed by atoms with Crippen molar-refractivity contribution in [2.45, 2.75) is 20.3 Å². The van der Waals surface area contributed by atoms with Crippen molar-refractivity contribution in [3.63, 3.8) is 0 Å². The van der Waals surface area contributed by atoms with Crippen LogP contribution in [-0.4, -0.2) is 11.8 Å². The van der Waals surface area contributed by atoms with Gasteiger partial charge in [-0.1, -0.05) is 17.7 Å². The zero-order valence-corrected chi connectivity index (χ0v) is 9.10. The predicted molar refractivity (Wildman–Crippen MR) is 56.9 cm³/mol. The Kier molecular flexibility index (Phi) is 3.96. The topological polar surface area (TPSA) is 26.3 Å². The molecule has 0 fully saturated rings. The second-order valence-corrected chi connectivity index (χ2v) is 3.64. The molecule has 0 bridgehead atoms. The van der Waals surface area contributed by atoms with Gasteiger partial charge in [-0.3, -0.25) is 4.79 Å². The van der Waals surface area contributed by atoms with E-state index in [-0.39, 0.29) is 11.7 Å². The molecule has 0 saturated carbocycles. The van der Waals surface area contributed by atoms with Gasteiger partial charge in [0.05, 0.1) is 13.0 Å².